The summed E-state index contributed by atoms with van der Waals surface area (Å²) in [6.45, 7) is 5.78. The van der Waals surface area contributed by atoms with Gasteiger partial charge in [-0.2, -0.15) is 5.10 Å². The van der Waals surface area contributed by atoms with Crippen molar-refractivity contribution in [3.05, 3.63) is 65.4 Å². The molecule has 1 aliphatic rings. The van der Waals surface area contributed by atoms with Crippen LogP contribution in [-0.2, 0) is 19.5 Å². The molecule has 1 heterocycles. The number of halogens is 1. The van der Waals surface area contributed by atoms with E-state index in [2.05, 4.69) is 15.1 Å². The number of benzene rings is 2. The Morgan fingerprint density at radius 2 is 1.82 bits per heavy atom. The molecule has 11 nitrogen and oxygen atoms in total. The molecule has 0 saturated heterocycles. The quantitative estimate of drug-likeness (QED) is 0.339. The van der Waals surface area contributed by atoms with Crippen LogP contribution in [0.4, 0.5) is 10.5 Å². The Bertz CT molecular complexity index is 1480. The van der Waals surface area contributed by atoms with Gasteiger partial charge < -0.3 is 19.5 Å². The number of nitrogens with zero attached hydrogens (tertiary/aromatic N) is 2. The van der Waals surface area contributed by atoms with E-state index in [-0.39, 0.29) is 28.1 Å². The second-order valence-electron chi connectivity index (χ2n) is 10.4. The van der Waals surface area contributed by atoms with Gasteiger partial charge in [-0.1, -0.05) is 11.6 Å². The average Bonchev–Trinajstić information content (AvgIpc) is 3.36. The van der Waals surface area contributed by atoms with Crippen LogP contribution in [0.3, 0.4) is 0 Å². The second-order valence-corrected chi connectivity index (χ2v) is 12.5. The fourth-order valence-corrected chi connectivity index (χ4v) is 5.18. The monoisotopic (exact) mass is 590 g/mol. The minimum atomic E-state index is -4.09. The highest BCUT2D eigenvalue weighted by molar-refractivity contribution is 7.92. The van der Waals surface area contributed by atoms with E-state index in [1.54, 1.807) is 51.1 Å². The Hall–Kier alpha value is -3.77. The van der Waals surface area contributed by atoms with Gasteiger partial charge in [0.05, 0.1) is 43.0 Å². The third kappa shape index (κ3) is 7.45. The maximum Gasteiger partial charge on any atom is 0.407 e. The molecule has 0 radical (unpaired) electrons. The van der Waals surface area contributed by atoms with Crippen molar-refractivity contribution in [2.45, 2.75) is 50.2 Å². The van der Waals surface area contributed by atoms with E-state index >= 15 is 0 Å². The van der Waals surface area contributed by atoms with Crippen molar-refractivity contribution in [3.63, 3.8) is 0 Å². The lowest BCUT2D eigenvalue weighted by molar-refractivity contribution is 0.0428. The van der Waals surface area contributed by atoms with Crippen molar-refractivity contribution in [3.8, 4) is 11.4 Å². The molecule has 0 spiro atoms. The van der Waals surface area contributed by atoms with E-state index < -0.39 is 27.7 Å². The largest absolute Gasteiger partial charge is 0.493 e. The summed E-state index contributed by atoms with van der Waals surface area (Å²) >= 11 is 5.92. The van der Waals surface area contributed by atoms with E-state index in [1.807, 2.05) is 0 Å². The minimum Gasteiger partial charge on any atom is -0.493 e. The van der Waals surface area contributed by atoms with Gasteiger partial charge in [0, 0.05) is 11.1 Å². The smallest absolute Gasteiger partial charge is 0.407 e. The van der Waals surface area contributed by atoms with Crippen molar-refractivity contribution in [1.82, 2.24) is 15.1 Å². The topological polar surface area (TPSA) is 138 Å². The summed E-state index contributed by atoms with van der Waals surface area (Å²) in [6.07, 6.45) is 3.56. The predicted octanol–water partition coefficient (Wildman–Crippen LogP) is 4.80. The van der Waals surface area contributed by atoms with Crippen LogP contribution in [0, 0.1) is 5.92 Å². The fraction of sp³-hybridized carbons (Fsp3) is 0.370. The molecule has 1 fully saturated rings. The number of amides is 1. The van der Waals surface area contributed by atoms with Crippen LogP contribution >= 0.6 is 11.6 Å². The van der Waals surface area contributed by atoms with Crippen LogP contribution in [-0.4, -0.2) is 55.6 Å². The number of nitrogens with one attached hydrogen (secondary N) is 2. The molecular formula is C27H31ClN4O7S. The highest BCUT2D eigenvalue weighted by Crippen LogP contribution is 2.30. The molecule has 2 aromatic carbocycles. The molecule has 13 heteroatoms. The lowest BCUT2D eigenvalue weighted by Crippen LogP contribution is -2.47. The third-order valence-corrected chi connectivity index (χ3v) is 7.62. The molecule has 0 unspecified atom stereocenters. The molecule has 40 heavy (non-hydrogen) atoms. The van der Waals surface area contributed by atoms with Gasteiger partial charge in [0.1, 0.15) is 16.2 Å². The Kier molecular flexibility index (Phi) is 8.59. The van der Waals surface area contributed by atoms with E-state index in [9.17, 15) is 18.0 Å². The summed E-state index contributed by atoms with van der Waals surface area (Å²) in [4.78, 5) is 24.3. The number of anilines is 1. The number of carbonyl (C=O) groups is 2. The van der Waals surface area contributed by atoms with Crippen molar-refractivity contribution in [1.29, 1.82) is 0 Å². The third-order valence-electron chi connectivity index (χ3n) is 6.04. The molecule has 2 N–H and O–H groups in total. The number of carbonyl (C=O) groups excluding carboxylic acids is 2. The standard InChI is InChI=1S/C27H31ClN4O7S/c1-27(2,3)39-26(34)30-19-11-17(12-19)16-38-21-9-10-24(23(13-21)25(33)37-4)31-40(35,36)22-14-29-32(15-22)20-7-5-18(28)6-8-20/h5-10,13-15,17,19,31H,11-12,16H2,1-4H3,(H,30,34)/t17-,19+. The molecular weight excluding hydrogens is 560 g/mol. The van der Waals surface area contributed by atoms with E-state index in [4.69, 9.17) is 25.8 Å². The molecule has 1 amide bonds. The van der Waals surface area contributed by atoms with Gasteiger partial charge in [0.2, 0.25) is 0 Å². The van der Waals surface area contributed by atoms with Crippen molar-refractivity contribution >= 4 is 39.4 Å². The minimum absolute atomic E-state index is 0.00764. The number of esters is 1. The summed E-state index contributed by atoms with van der Waals surface area (Å²) in [6, 6.07) is 11.2. The molecule has 0 aliphatic heterocycles. The van der Waals surface area contributed by atoms with E-state index in [0.717, 1.165) is 12.8 Å². The molecule has 214 valence electrons. The van der Waals surface area contributed by atoms with Crippen LogP contribution in [0.1, 0.15) is 44.0 Å². The Balaban J connectivity index is 1.39. The number of aromatic nitrogens is 2. The molecule has 0 atom stereocenters. The zero-order valence-corrected chi connectivity index (χ0v) is 24.1. The Morgan fingerprint density at radius 1 is 1.12 bits per heavy atom. The summed E-state index contributed by atoms with van der Waals surface area (Å²) < 4.78 is 46.0. The summed E-state index contributed by atoms with van der Waals surface area (Å²) in [5.41, 5.74) is 0.0874. The zero-order valence-electron chi connectivity index (χ0n) is 22.5. The van der Waals surface area contributed by atoms with Crippen LogP contribution < -0.4 is 14.8 Å². The van der Waals surface area contributed by atoms with E-state index in [1.165, 1.54) is 36.3 Å². The molecule has 4 rings (SSSR count). The lowest BCUT2D eigenvalue weighted by atomic mass is 9.81. The highest BCUT2D eigenvalue weighted by Gasteiger charge is 2.32. The second kappa shape index (κ2) is 11.8. The normalized spacial score (nSPS) is 16.9. The van der Waals surface area contributed by atoms with Gasteiger partial charge in [0.25, 0.3) is 10.0 Å². The number of ether oxygens (including phenoxy) is 3. The number of sulfonamides is 1. The number of rotatable bonds is 9. The Labute approximate surface area is 237 Å². The first-order chi connectivity index (χ1) is 18.8. The van der Waals surface area contributed by atoms with Crippen LogP contribution in [0.5, 0.6) is 5.75 Å². The predicted molar refractivity (Wildman–Crippen MR) is 149 cm³/mol. The summed E-state index contributed by atoms with van der Waals surface area (Å²) in [5.74, 6) is -0.149. The first-order valence-corrected chi connectivity index (χ1v) is 14.4. The summed E-state index contributed by atoms with van der Waals surface area (Å²) in [5, 5.41) is 7.49. The number of methoxy groups -OCH3 is 1. The molecule has 1 saturated carbocycles. The molecule has 0 bridgehead atoms. The van der Waals surface area contributed by atoms with Gasteiger partial charge in [-0.25, -0.2) is 22.7 Å². The Morgan fingerprint density at radius 3 is 2.48 bits per heavy atom. The van der Waals surface area contributed by atoms with Gasteiger partial charge in [-0.3, -0.25) is 4.72 Å². The van der Waals surface area contributed by atoms with Crippen molar-refractivity contribution in [2.24, 2.45) is 5.92 Å². The van der Waals surface area contributed by atoms with Crippen molar-refractivity contribution in [2.75, 3.05) is 18.4 Å². The van der Waals surface area contributed by atoms with Gasteiger partial charge in [-0.15, -0.1) is 0 Å². The maximum absolute atomic E-state index is 13.1. The van der Waals surface area contributed by atoms with Gasteiger partial charge in [-0.05, 0) is 82.0 Å². The van der Waals surface area contributed by atoms with Crippen LogP contribution in [0.15, 0.2) is 59.8 Å². The highest BCUT2D eigenvalue weighted by atomic mass is 35.5. The maximum atomic E-state index is 13.1. The van der Waals surface area contributed by atoms with Crippen LogP contribution in [0.25, 0.3) is 5.69 Å². The number of hydrogen-bond acceptors (Lipinski definition) is 8. The molecule has 3 aromatic rings. The van der Waals surface area contributed by atoms with E-state index in [0.29, 0.717) is 23.1 Å². The number of hydrogen-bond donors (Lipinski definition) is 2. The first kappa shape index (κ1) is 29.2. The molecule has 1 aromatic heterocycles. The first-order valence-electron chi connectivity index (χ1n) is 12.5. The van der Waals surface area contributed by atoms with Crippen LogP contribution in [0.2, 0.25) is 5.02 Å². The number of alkyl carbamates (subject to hydrolysis) is 1. The average molecular weight is 591 g/mol. The van der Waals surface area contributed by atoms with Gasteiger partial charge in [0.15, 0.2) is 0 Å². The SMILES string of the molecule is COC(=O)c1cc(OC[C@H]2C[C@@H](NC(=O)OC(C)(C)C)C2)ccc1NS(=O)(=O)c1cnn(-c2ccc(Cl)cc2)c1. The lowest BCUT2D eigenvalue weighted by Gasteiger charge is -2.36. The summed E-state index contributed by atoms with van der Waals surface area (Å²) in [7, 11) is -2.88. The van der Waals surface area contributed by atoms with Crippen molar-refractivity contribution < 1.29 is 32.2 Å². The molecule has 1 aliphatic carbocycles. The van der Waals surface area contributed by atoms with Gasteiger partial charge >= 0.3 is 12.1 Å². The fourth-order valence-electron chi connectivity index (χ4n) is 4.04. The zero-order chi connectivity index (χ0) is 29.1.